The van der Waals surface area contributed by atoms with Crippen LogP contribution in [0.25, 0.3) is 22.5 Å². The molecule has 0 aliphatic carbocycles. The fourth-order valence-corrected chi connectivity index (χ4v) is 7.35. The Morgan fingerprint density at radius 3 is 1.49 bits per heavy atom. The van der Waals surface area contributed by atoms with Crippen molar-refractivity contribution in [3.63, 3.8) is 0 Å². The summed E-state index contributed by atoms with van der Waals surface area (Å²) in [5.74, 6) is 2.10. The number of aromatic amines is 2. The maximum atomic E-state index is 4.68. The Morgan fingerprint density at radius 2 is 1.05 bits per heavy atom. The number of H-pyrrole nitrogens is 2. The van der Waals surface area contributed by atoms with E-state index in [1.54, 1.807) is 0 Å². The predicted octanol–water partition coefficient (Wildman–Crippen LogP) is 7.40. The molecule has 43 heavy (non-hydrogen) atoms. The van der Waals surface area contributed by atoms with E-state index in [9.17, 15) is 0 Å². The first-order valence-corrected chi connectivity index (χ1v) is 15.9. The van der Waals surface area contributed by atoms with Gasteiger partial charge in [0, 0.05) is 5.69 Å². The molecular formula is C36H39N7. The third-order valence-corrected chi connectivity index (χ3v) is 9.62. The molecule has 3 aliphatic rings. The van der Waals surface area contributed by atoms with Crippen molar-refractivity contribution in [2.45, 2.75) is 62.7 Å². The summed E-state index contributed by atoms with van der Waals surface area (Å²) in [6, 6.07) is 30.5. The number of imidazole rings is 2. The number of aromatic nitrogens is 4. The molecular weight excluding hydrogens is 530 g/mol. The monoisotopic (exact) mass is 569 g/mol. The van der Waals surface area contributed by atoms with Crippen LogP contribution in [-0.2, 0) is 0 Å². The Kier molecular flexibility index (Phi) is 7.05. The lowest BCUT2D eigenvalue weighted by Gasteiger charge is -2.33. The summed E-state index contributed by atoms with van der Waals surface area (Å²) < 4.78 is 0. The van der Waals surface area contributed by atoms with Crippen LogP contribution in [0, 0.1) is 0 Å². The topological polar surface area (TPSA) is 84.7 Å². The van der Waals surface area contributed by atoms with Crippen molar-refractivity contribution in [2.75, 3.05) is 18.0 Å². The molecule has 218 valence electrons. The summed E-state index contributed by atoms with van der Waals surface area (Å²) in [6.07, 6.45) is 10.9. The van der Waals surface area contributed by atoms with Crippen LogP contribution in [0.15, 0.2) is 91.3 Å². The number of hydrogen-bond donors (Lipinski definition) is 4. The highest BCUT2D eigenvalue weighted by Gasteiger charge is 2.35. The lowest BCUT2D eigenvalue weighted by molar-refractivity contribution is 0.613. The molecule has 7 nitrogen and oxygen atoms in total. The first kappa shape index (κ1) is 26.4. The standard InChI is InChI=1S/C36H39N7/c1-2-6-28(7-3-1)43-33(26-14-10-24(11-15-26)31-22-39-35(41-31)29-8-4-20-37-29)18-19-34(43)27-16-12-25(13-17-27)32-23-40-36(42-32)30-9-5-21-38-30/h1-3,6-7,10-17,22-23,29-30,33-34,37-38H,4-5,8-9,18-21H2,(H,39,41)(H,40,42)/t29-,30-,33+,34?/m0/s1. The van der Waals surface area contributed by atoms with E-state index in [1.807, 2.05) is 12.4 Å². The Labute approximate surface area is 253 Å². The van der Waals surface area contributed by atoms with E-state index < -0.39 is 0 Å². The van der Waals surface area contributed by atoms with Crippen LogP contribution >= 0.6 is 0 Å². The van der Waals surface area contributed by atoms with Gasteiger partial charge in [-0.1, -0.05) is 66.7 Å². The second-order valence-corrected chi connectivity index (χ2v) is 12.3. The van der Waals surface area contributed by atoms with E-state index in [1.165, 1.54) is 40.8 Å². The van der Waals surface area contributed by atoms with Gasteiger partial charge in [0.15, 0.2) is 0 Å². The lowest BCUT2D eigenvalue weighted by atomic mass is 10.0. The zero-order chi connectivity index (χ0) is 28.6. The third-order valence-electron chi connectivity index (χ3n) is 9.62. The Bertz CT molecular complexity index is 1540. The van der Waals surface area contributed by atoms with Crippen LogP contribution in [0.1, 0.15) is 85.5 Å². The average molecular weight is 570 g/mol. The molecule has 3 aromatic carbocycles. The van der Waals surface area contributed by atoms with Gasteiger partial charge >= 0.3 is 0 Å². The normalized spacial score (nSPS) is 23.8. The van der Waals surface area contributed by atoms with Crippen molar-refractivity contribution < 1.29 is 0 Å². The van der Waals surface area contributed by atoms with Gasteiger partial charge in [-0.2, -0.15) is 0 Å². The van der Waals surface area contributed by atoms with Crippen molar-refractivity contribution in [1.29, 1.82) is 0 Å². The first-order chi connectivity index (χ1) is 21.3. The van der Waals surface area contributed by atoms with Crippen LogP contribution in [-0.4, -0.2) is 33.0 Å². The molecule has 2 aromatic heterocycles. The van der Waals surface area contributed by atoms with Gasteiger partial charge in [-0.15, -0.1) is 0 Å². The van der Waals surface area contributed by atoms with Gasteiger partial charge < -0.3 is 25.5 Å². The SMILES string of the molecule is c1ccc(N2C(c3ccc(-c4cnc([C@@H]5CCCN5)[nH]4)cc3)CC[C@@H]2c2ccc(-c3cnc([C@@H]4CCCN4)[nH]3)cc2)cc1. The second-order valence-electron chi connectivity index (χ2n) is 12.3. The Morgan fingerprint density at radius 1 is 0.558 bits per heavy atom. The van der Waals surface area contributed by atoms with Crippen molar-refractivity contribution in [3.8, 4) is 22.5 Å². The molecule has 4 atom stereocenters. The maximum Gasteiger partial charge on any atom is 0.123 e. The van der Waals surface area contributed by atoms with Gasteiger partial charge in [0.05, 0.1) is 47.9 Å². The second kappa shape index (κ2) is 11.5. The van der Waals surface area contributed by atoms with Gasteiger partial charge in [0.2, 0.25) is 0 Å². The summed E-state index contributed by atoms with van der Waals surface area (Å²) in [4.78, 5) is 19.1. The van der Waals surface area contributed by atoms with Crippen molar-refractivity contribution >= 4 is 5.69 Å². The van der Waals surface area contributed by atoms with Gasteiger partial charge in [-0.25, -0.2) is 9.97 Å². The summed E-state index contributed by atoms with van der Waals surface area (Å²) >= 11 is 0. The van der Waals surface area contributed by atoms with E-state index >= 15 is 0 Å². The van der Waals surface area contributed by atoms with Crippen LogP contribution < -0.4 is 15.5 Å². The molecule has 5 aromatic rings. The Balaban J connectivity index is 1.04. The minimum Gasteiger partial charge on any atom is -0.357 e. The highest BCUT2D eigenvalue weighted by atomic mass is 15.2. The number of nitrogens with one attached hydrogen (secondary N) is 4. The minimum absolute atomic E-state index is 0.315. The number of benzene rings is 3. The molecule has 0 spiro atoms. The zero-order valence-corrected chi connectivity index (χ0v) is 24.5. The molecule has 0 radical (unpaired) electrons. The molecule has 7 heteroatoms. The zero-order valence-electron chi connectivity index (χ0n) is 24.5. The number of anilines is 1. The summed E-state index contributed by atoms with van der Waals surface area (Å²) in [5.41, 5.74) is 8.52. The molecule has 0 saturated carbocycles. The predicted molar refractivity (Wildman–Crippen MR) is 172 cm³/mol. The van der Waals surface area contributed by atoms with Gasteiger partial charge in [-0.3, -0.25) is 0 Å². The van der Waals surface area contributed by atoms with Crippen molar-refractivity contribution in [2.24, 2.45) is 0 Å². The highest BCUT2D eigenvalue weighted by Crippen LogP contribution is 2.47. The molecule has 0 bridgehead atoms. The summed E-state index contributed by atoms with van der Waals surface area (Å²) in [7, 11) is 0. The van der Waals surface area contributed by atoms with Crippen molar-refractivity contribution in [1.82, 2.24) is 30.6 Å². The molecule has 3 fully saturated rings. The summed E-state index contributed by atoms with van der Waals surface area (Å²) in [6.45, 7) is 2.15. The van der Waals surface area contributed by atoms with Gasteiger partial charge in [0.1, 0.15) is 11.6 Å². The molecule has 8 rings (SSSR count). The van der Waals surface area contributed by atoms with Crippen LogP contribution in [0.4, 0.5) is 5.69 Å². The third kappa shape index (κ3) is 5.17. The molecule has 3 saturated heterocycles. The number of rotatable bonds is 7. The minimum atomic E-state index is 0.315. The van der Waals surface area contributed by atoms with E-state index in [0.29, 0.717) is 24.2 Å². The van der Waals surface area contributed by atoms with Crippen LogP contribution in [0.2, 0.25) is 0 Å². The van der Waals surface area contributed by atoms with Gasteiger partial charge in [-0.05, 0) is 86.0 Å². The van der Waals surface area contributed by atoms with Crippen molar-refractivity contribution in [3.05, 3.63) is 114 Å². The molecule has 5 heterocycles. The fraction of sp³-hybridized carbons (Fsp3) is 0.333. The van der Waals surface area contributed by atoms with Gasteiger partial charge in [0.25, 0.3) is 0 Å². The molecule has 1 unspecified atom stereocenters. The number of nitrogens with zero attached hydrogens (tertiary/aromatic N) is 3. The average Bonchev–Trinajstić information content (AvgIpc) is 3.91. The van der Waals surface area contributed by atoms with E-state index in [4.69, 9.17) is 0 Å². The first-order valence-electron chi connectivity index (χ1n) is 15.9. The molecule has 0 amide bonds. The quantitative estimate of drug-likeness (QED) is 0.164. The summed E-state index contributed by atoms with van der Waals surface area (Å²) in [5, 5.41) is 7.08. The highest BCUT2D eigenvalue weighted by molar-refractivity contribution is 5.62. The van der Waals surface area contributed by atoms with E-state index in [-0.39, 0.29) is 0 Å². The Hall–Kier alpha value is -4.20. The fourth-order valence-electron chi connectivity index (χ4n) is 7.35. The molecule has 4 N–H and O–H groups in total. The number of hydrogen-bond acceptors (Lipinski definition) is 5. The lowest BCUT2D eigenvalue weighted by Crippen LogP contribution is -2.26. The molecule has 3 aliphatic heterocycles. The van der Waals surface area contributed by atoms with Crippen LogP contribution in [0.5, 0.6) is 0 Å². The van der Waals surface area contributed by atoms with E-state index in [2.05, 4.69) is 114 Å². The maximum absolute atomic E-state index is 4.68. The largest absolute Gasteiger partial charge is 0.357 e. The van der Waals surface area contributed by atoms with Crippen LogP contribution in [0.3, 0.4) is 0 Å². The smallest absolute Gasteiger partial charge is 0.123 e. The van der Waals surface area contributed by atoms with E-state index in [0.717, 1.165) is 61.8 Å². The number of para-hydroxylation sites is 1.